The number of benzene rings is 1. The van der Waals surface area contributed by atoms with Gasteiger partial charge in [0.1, 0.15) is 5.75 Å². The molecule has 2 N–H and O–H groups in total. The summed E-state index contributed by atoms with van der Waals surface area (Å²) in [4.78, 5) is 0. The first-order chi connectivity index (χ1) is 8.63. The van der Waals surface area contributed by atoms with Crippen molar-refractivity contribution < 1.29 is 9.84 Å². The van der Waals surface area contributed by atoms with E-state index in [4.69, 9.17) is 16.3 Å². The first-order valence-electron chi connectivity index (χ1n) is 6.38. The molecule has 0 heterocycles. The monoisotopic (exact) mass is 269 g/mol. The molecule has 3 nitrogen and oxygen atoms in total. The topological polar surface area (TPSA) is 41.5 Å². The molecule has 1 aliphatic carbocycles. The van der Waals surface area contributed by atoms with Crippen molar-refractivity contribution in [3.05, 3.63) is 28.8 Å². The third-order valence-corrected chi connectivity index (χ3v) is 3.83. The van der Waals surface area contributed by atoms with Gasteiger partial charge in [-0.25, -0.2) is 0 Å². The molecular weight excluding hydrogens is 250 g/mol. The lowest BCUT2D eigenvalue weighted by atomic mass is 10.0. The van der Waals surface area contributed by atoms with Gasteiger partial charge in [-0.2, -0.15) is 0 Å². The third kappa shape index (κ3) is 3.37. The van der Waals surface area contributed by atoms with Crippen molar-refractivity contribution in [2.45, 2.75) is 37.8 Å². The van der Waals surface area contributed by atoms with Crippen LogP contribution in [0.2, 0.25) is 5.02 Å². The standard InChI is InChI=1S/C14H20ClNO2/c1-18-13-5-4-11(8-12(13)15)9-16-10-14(17)6-2-3-7-14/h4-5,8,16-17H,2-3,6-7,9-10H2,1H3. The normalized spacial score (nSPS) is 17.9. The van der Waals surface area contributed by atoms with E-state index in [1.807, 2.05) is 18.2 Å². The van der Waals surface area contributed by atoms with E-state index in [2.05, 4.69) is 5.32 Å². The molecule has 2 rings (SSSR count). The molecule has 0 unspecified atom stereocenters. The van der Waals surface area contributed by atoms with E-state index in [9.17, 15) is 5.11 Å². The average molecular weight is 270 g/mol. The Morgan fingerprint density at radius 2 is 2.11 bits per heavy atom. The van der Waals surface area contributed by atoms with Crippen molar-refractivity contribution in [1.82, 2.24) is 5.32 Å². The molecule has 1 saturated carbocycles. The first kappa shape index (κ1) is 13.7. The fraction of sp³-hybridized carbons (Fsp3) is 0.571. The Balaban J connectivity index is 1.85. The fourth-order valence-electron chi connectivity index (χ4n) is 2.47. The van der Waals surface area contributed by atoms with Gasteiger partial charge in [0.15, 0.2) is 0 Å². The number of methoxy groups -OCH3 is 1. The van der Waals surface area contributed by atoms with Gasteiger partial charge in [0.05, 0.1) is 17.7 Å². The Hall–Kier alpha value is -0.770. The van der Waals surface area contributed by atoms with Gasteiger partial charge in [0.25, 0.3) is 0 Å². The summed E-state index contributed by atoms with van der Waals surface area (Å²) in [5.74, 6) is 0.690. The van der Waals surface area contributed by atoms with Crippen LogP contribution in [0.15, 0.2) is 18.2 Å². The van der Waals surface area contributed by atoms with Gasteiger partial charge in [-0.3, -0.25) is 0 Å². The van der Waals surface area contributed by atoms with Crippen LogP contribution in [0.3, 0.4) is 0 Å². The molecule has 4 heteroatoms. The summed E-state index contributed by atoms with van der Waals surface area (Å²) in [7, 11) is 1.61. The zero-order valence-electron chi connectivity index (χ0n) is 10.7. The van der Waals surface area contributed by atoms with Crippen LogP contribution >= 0.6 is 11.6 Å². The Bertz CT molecular complexity index is 403. The number of nitrogens with one attached hydrogen (secondary N) is 1. The predicted octanol–water partition coefficient (Wildman–Crippen LogP) is 2.74. The van der Waals surface area contributed by atoms with E-state index in [0.29, 0.717) is 23.9 Å². The Morgan fingerprint density at radius 3 is 2.72 bits per heavy atom. The van der Waals surface area contributed by atoms with Crippen LogP contribution in [-0.4, -0.2) is 24.4 Å². The van der Waals surface area contributed by atoms with Crippen LogP contribution in [-0.2, 0) is 6.54 Å². The van der Waals surface area contributed by atoms with Gasteiger partial charge in [-0.15, -0.1) is 0 Å². The van der Waals surface area contributed by atoms with Crippen LogP contribution in [0.1, 0.15) is 31.2 Å². The Morgan fingerprint density at radius 1 is 1.39 bits per heavy atom. The van der Waals surface area contributed by atoms with Crippen LogP contribution in [0, 0.1) is 0 Å². The third-order valence-electron chi connectivity index (χ3n) is 3.53. The van der Waals surface area contributed by atoms with E-state index in [-0.39, 0.29) is 0 Å². The number of aliphatic hydroxyl groups is 1. The minimum atomic E-state index is -0.504. The molecule has 0 atom stereocenters. The number of rotatable bonds is 5. The van der Waals surface area contributed by atoms with Crippen molar-refractivity contribution >= 4 is 11.6 Å². The summed E-state index contributed by atoms with van der Waals surface area (Å²) < 4.78 is 5.11. The minimum Gasteiger partial charge on any atom is -0.495 e. The molecule has 1 aliphatic rings. The van der Waals surface area contributed by atoms with Crippen LogP contribution in [0.5, 0.6) is 5.75 Å². The molecule has 0 aliphatic heterocycles. The van der Waals surface area contributed by atoms with E-state index in [1.54, 1.807) is 7.11 Å². The molecule has 0 amide bonds. The summed E-state index contributed by atoms with van der Waals surface area (Å²) in [6.07, 6.45) is 4.08. The maximum Gasteiger partial charge on any atom is 0.137 e. The molecule has 18 heavy (non-hydrogen) atoms. The smallest absolute Gasteiger partial charge is 0.137 e. The van der Waals surface area contributed by atoms with Gasteiger partial charge in [-0.1, -0.05) is 30.5 Å². The van der Waals surface area contributed by atoms with Crippen molar-refractivity contribution in [3.63, 3.8) is 0 Å². The minimum absolute atomic E-state index is 0.504. The van der Waals surface area contributed by atoms with Gasteiger partial charge in [0.2, 0.25) is 0 Å². The molecular formula is C14H20ClNO2. The second-order valence-corrected chi connectivity index (χ2v) is 5.41. The predicted molar refractivity (Wildman–Crippen MR) is 73.1 cm³/mol. The van der Waals surface area contributed by atoms with Crippen molar-refractivity contribution in [2.24, 2.45) is 0 Å². The van der Waals surface area contributed by atoms with E-state index < -0.39 is 5.60 Å². The highest BCUT2D eigenvalue weighted by atomic mass is 35.5. The maximum atomic E-state index is 10.2. The lowest BCUT2D eigenvalue weighted by molar-refractivity contribution is 0.0475. The zero-order chi connectivity index (χ0) is 13.0. The maximum absolute atomic E-state index is 10.2. The molecule has 1 fully saturated rings. The van der Waals surface area contributed by atoms with Crippen molar-refractivity contribution in [1.29, 1.82) is 0 Å². The summed E-state index contributed by atoms with van der Waals surface area (Å²) in [6.45, 7) is 1.36. The van der Waals surface area contributed by atoms with Gasteiger partial charge in [0, 0.05) is 13.1 Å². The second kappa shape index (κ2) is 5.91. The average Bonchev–Trinajstić information content (AvgIpc) is 2.77. The number of hydrogen-bond donors (Lipinski definition) is 2. The van der Waals surface area contributed by atoms with Crippen LogP contribution in [0.4, 0.5) is 0 Å². The largest absolute Gasteiger partial charge is 0.495 e. The second-order valence-electron chi connectivity index (χ2n) is 5.00. The highest BCUT2D eigenvalue weighted by molar-refractivity contribution is 6.32. The van der Waals surface area contributed by atoms with Gasteiger partial charge in [-0.05, 0) is 30.5 Å². The number of hydrogen-bond acceptors (Lipinski definition) is 3. The Kier molecular flexibility index (Phi) is 4.49. The molecule has 0 saturated heterocycles. The summed E-state index contributed by atoms with van der Waals surface area (Å²) >= 11 is 6.06. The fourth-order valence-corrected chi connectivity index (χ4v) is 2.75. The summed E-state index contributed by atoms with van der Waals surface area (Å²) in [5, 5.41) is 14.1. The van der Waals surface area contributed by atoms with Crippen LogP contribution < -0.4 is 10.1 Å². The van der Waals surface area contributed by atoms with Gasteiger partial charge >= 0.3 is 0 Å². The lowest BCUT2D eigenvalue weighted by Gasteiger charge is -2.22. The zero-order valence-corrected chi connectivity index (χ0v) is 11.5. The molecule has 1 aromatic rings. The lowest BCUT2D eigenvalue weighted by Crippen LogP contribution is -2.37. The highest BCUT2D eigenvalue weighted by Gasteiger charge is 2.30. The Labute approximate surface area is 113 Å². The molecule has 0 radical (unpaired) electrons. The number of ether oxygens (including phenoxy) is 1. The summed E-state index contributed by atoms with van der Waals surface area (Å²) in [5.41, 5.74) is 0.596. The molecule has 100 valence electrons. The van der Waals surface area contributed by atoms with E-state index >= 15 is 0 Å². The van der Waals surface area contributed by atoms with Crippen molar-refractivity contribution in [3.8, 4) is 5.75 Å². The molecule has 0 bridgehead atoms. The molecule has 0 aromatic heterocycles. The van der Waals surface area contributed by atoms with E-state index in [1.165, 1.54) is 0 Å². The van der Waals surface area contributed by atoms with Gasteiger partial charge < -0.3 is 15.2 Å². The quantitative estimate of drug-likeness (QED) is 0.864. The molecule has 1 aromatic carbocycles. The molecule has 0 spiro atoms. The number of halogens is 1. The van der Waals surface area contributed by atoms with E-state index in [0.717, 1.165) is 31.2 Å². The summed E-state index contributed by atoms with van der Waals surface area (Å²) in [6, 6.07) is 5.74. The van der Waals surface area contributed by atoms with Crippen molar-refractivity contribution in [2.75, 3.05) is 13.7 Å². The van der Waals surface area contributed by atoms with Crippen LogP contribution in [0.25, 0.3) is 0 Å². The highest BCUT2D eigenvalue weighted by Crippen LogP contribution is 2.29. The first-order valence-corrected chi connectivity index (χ1v) is 6.76. The SMILES string of the molecule is COc1ccc(CNCC2(O)CCCC2)cc1Cl.